The first kappa shape index (κ1) is 13.9. The molecule has 0 amide bonds. The molecule has 0 aromatic rings. The monoisotopic (exact) mass is 269 g/mol. The highest BCUT2D eigenvalue weighted by atomic mass is 19.1. The van der Waals surface area contributed by atoms with Crippen molar-refractivity contribution in [2.24, 2.45) is 10.1 Å². The van der Waals surface area contributed by atoms with E-state index in [4.69, 9.17) is 5.41 Å². The molecule has 0 aromatic heterocycles. The number of fused-ring (bicyclic) bond motifs is 2. The van der Waals surface area contributed by atoms with E-state index in [1.54, 1.807) is 6.92 Å². The van der Waals surface area contributed by atoms with Crippen molar-refractivity contribution in [1.29, 1.82) is 5.41 Å². The third kappa shape index (κ3) is 3.28. The zero-order chi connectivity index (χ0) is 14.0. The summed E-state index contributed by atoms with van der Waals surface area (Å²) in [6.45, 7) is 2.81. The summed E-state index contributed by atoms with van der Waals surface area (Å²) in [5, 5.41) is 20.8. The molecular weight excluding hydrogens is 249 g/mol. The Labute approximate surface area is 111 Å². The fourth-order valence-corrected chi connectivity index (χ4v) is 2.92. The van der Waals surface area contributed by atoms with Crippen molar-refractivity contribution in [3.63, 3.8) is 0 Å². The van der Waals surface area contributed by atoms with E-state index < -0.39 is 5.97 Å². The Kier molecular flexibility index (Phi) is 4.14. The van der Waals surface area contributed by atoms with Crippen LogP contribution in [0.25, 0.3) is 0 Å². The maximum absolute atomic E-state index is 12.8. The number of halogens is 1. The number of aliphatic hydroxyl groups is 1. The van der Waals surface area contributed by atoms with Gasteiger partial charge in [-0.3, -0.25) is 5.41 Å². The molecule has 0 spiro atoms. The zero-order valence-electron chi connectivity index (χ0n) is 11.2. The number of amidine groups is 1. The number of hydrogen-bond donors (Lipinski definition) is 3. The van der Waals surface area contributed by atoms with E-state index in [0.29, 0.717) is 18.8 Å². The van der Waals surface area contributed by atoms with Gasteiger partial charge >= 0.3 is 0 Å². The van der Waals surface area contributed by atoms with Gasteiger partial charge in [0.1, 0.15) is 5.84 Å². The topological polar surface area (TPSA) is 84.1 Å². The molecule has 19 heavy (non-hydrogen) atoms. The summed E-state index contributed by atoms with van der Waals surface area (Å²) in [6.07, 6.45) is 3.07. The number of aliphatic imine (C=N–C) groups is 1. The van der Waals surface area contributed by atoms with Crippen molar-refractivity contribution in [3.8, 4) is 0 Å². The Morgan fingerprint density at radius 1 is 1.32 bits per heavy atom. The molecule has 3 N–H and O–H groups in total. The number of rotatable bonds is 1. The second-order valence-corrected chi connectivity index (χ2v) is 5.16. The highest BCUT2D eigenvalue weighted by Crippen LogP contribution is 2.35. The maximum atomic E-state index is 12.8. The van der Waals surface area contributed by atoms with Crippen LogP contribution in [0, 0.1) is 5.41 Å². The quantitative estimate of drug-likeness (QED) is 0.380. The Morgan fingerprint density at radius 3 is 2.37 bits per heavy atom. The second-order valence-electron chi connectivity index (χ2n) is 5.16. The number of guanidine groups is 1. The van der Waals surface area contributed by atoms with E-state index in [1.165, 1.54) is 6.92 Å². The molecule has 2 unspecified atom stereocenters. The molecule has 0 aliphatic carbocycles. The Hall–Kier alpha value is -1.50. The summed E-state index contributed by atoms with van der Waals surface area (Å²) in [4.78, 5) is 6.14. The third-order valence-corrected chi connectivity index (χ3v) is 3.54. The number of piperidine rings is 1. The van der Waals surface area contributed by atoms with Crippen LogP contribution in [0.3, 0.4) is 0 Å². The van der Waals surface area contributed by atoms with E-state index in [-0.39, 0.29) is 24.0 Å². The van der Waals surface area contributed by atoms with E-state index in [9.17, 15) is 9.50 Å². The van der Waals surface area contributed by atoms with Crippen LogP contribution >= 0.6 is 0 Å². The Morgan fingerprint density at radius 2 is 1.89 bits per heavy atom. The van der Waals surface area contributed by atoms with Gasteiger partial charge in [0.15, 0.2) is 0 Å². The van der Waals surface area contributed by atoms with Gasteiger partial charge in [-0.1, -0.05) is 0 Å². The summed E-state index contributed by atoms with van der Waals surface area (Å²) in [7, 11) is 0. The van der Waals surface area contributed by atoms with E-state index in [2.05, 4.69) is 15.5 Å². The molecule has 0 saturated carbocycles. The zero-order valence-corrected chi connectivity index (χ0v) is 11.2. The molecule has 2 rings (SSSR count). The largest absolute Gasteiger partial charge is 0.393 e. The van der Waals surface area contributed by atoms with Crippen LogP contribution in [0.2, 0.25) is 0 Å². The smallest absolute Gasteiger partial charge is 0.221 e. The lowest BCUT2D eigenvalue weighted by Crippen LogP contribution is -2.52. The number of hydrogen-bond acceptors (Lipinski definition) is 3. The van der Waals surface area contributed by atoms with Gasteiger partial charge in [0.05, 0.1) is 6.10 Å². The first-order valence-electron chi connectivity index (χ1n) is 6.53. The van der Waals surface area contributed by atoms with Crippen molar-refractivity contribution < 1.29 is 9.50 Å². The fourth-order valence-electron chi connectivity index (χ4n) is 2.92. The molecular formula is C12H20FN5O. The minimum absolute atomic E-state index is 0.139. The van der Waals surface area contributed by atoms with Crippen LogP contribution in [0.4, 0.5) is 4.39 Å². The second kappa shape index (κ2) is 5.64. The fraction of sp³-hybridized carbons (Fsp3) is 0.750. The molecule has 2 heterocycles. The van der Waals surface area contributed by atoms with Crippen molar-refractivity contribution in [2.45, 2.75) is 57.7 Å². The minimum atomic E-state index is -0.584. The van der Waals surface area contributed by atoms with Gasteiger partial charge in [0, 0.05) is 19.0 Å². The molecule has 0 aromatic carbocycles. The average molecular weight is 269 g/mol. The molecule has 2 aliphatic heterocycles. The van der Waals surface area contributed by atoms with Crippen LogP contribution in [0.1, 0.15) is 39.5 Å². The first-order valence-corrected chi connectivity index (χ1v) is 6.53. The lowest BCUT2D eigenvalue weighted by atomic mass is 10.0. The standard InChI is InChI=1S/C12H20FN5O/c1-7(13)16-17-12(15-8(2)14)18-9-3-4-10(18)6-11(19)5-9/h9-11,19H,3-6H2,1-2H3,(H2,14,15,17)/b16-7+/t9-,10?,11?/m0/s1. The number of aliphatic hydroxyl groups excluding tert-OH is 1. The van der Waals surface area contributed by atoms with Crippen molar-refractivity contribution in [3.05, 3.63) is 0 Å². The van der Waals surface area contributed by atoms with Gasteiger partial charge < -0.3 is 10.0 Å². The van der Waals surface area contributed by atoms with Crippen molar-refractivity contribution >= 4 is 17.8 Å². The number of hydrazone groups is 1. The predicted octanol–water partition coefficient (Wildman–Crippen LogP) is 1.22. The van der Waals surface area contributed by atoms with Gasteiger partial charge in [-0.25, -0.2) is 5.43 Å². The van der Waals surface area contributed by atoms with Crippen LogP contribution in [0.15, 0.2) is 10.1 Å². The summed E-state index contributed by atoms with van der Waals surface area (Å²) in [6, 6.07) is 0.379. The highest BCUT2D eigenvalue weighted by molar-refractivity contribution is 5.94. The average Bonchev–Trinajstić information content (AvgIpc) is 2.56. The molecule has 2 bridgehead atoms. The molecule has 2 saturated heterocycles. The number of nitrogens with one attached hydrogen (secondary N) is 2. The molecule has 2 aliphatic rings. The summed E-state index contributed by atoms with van der Waals surface area (Å²) in [5.74, 6) is -0.0386. The summed E-state index contributed by atoms with van der Waals surface area (Å²) < 4.78 is 12.8. The maximum Gasteiger partial charge on any atom is 0.221 e. The molecule has 2 fully saturated rings. The molecule has 106 valence electrons. The van der Waals surface area contributed by atoms with E-state index in [1.807, 2.05) is 4.90 Å². The van der Waals surface area contributed by atoms with E-state index >= 15 is 0 Å². The van der Waals surface area contributed by atoms with Gasteiger partial charge in [0.2, 0.25) is 11.9 Å². The number of nitrogens with zero attached hydrogens (tertiary/aromatic N) is 3. The normalized spacial score (nSPS) is 31.6. The third-order valence-electron chi connectivity index (χ3n) is 3.54. The highest BCUT2D eigenvalue weighted by Gasteiger charge is 2.42. The van der Waals surface area contributed by atoms with Gasteiger partial charge in [0.25, 0.3) is 0 Å². The van der Waals surface area contributed by atoms with Crippen molar-refractivity contribution in [1.82, 2.24) is 10.3 Å². The van der Waals surface area contributed by atoms with Crippen LogP contribution in [-0.4, -0.2) is 46.0 Å². The summed E-state index contributed by atoms with van der Waals surface area (Å²) in [5.41, 5.74) is 2.60. The Balaban J connectivity index is 2.19. The van der Waals surface area contributed by atoms with Crippen LogP contribution in [0.5, 0.6) is 0 Å². The lowest BCUT2D eigenvalue weighted by molar-refractivity contribution is 0.0695. The van der Waals surface area contributed by atoms with Crippen LogP contribution < -0.4 is 5.43 Å². The van der Waals surface area contributed by atoms with Gasteiger partial charge in [-0.15, -0.1) is 5.10 Å². The lowest BCUT2D eigenvalue weighted by Gasteiger charge is -2.38. The molecule has 0 radical (unpaired) electrons. The van der Waals surface area contributed by atoms with Gasteiger partial charge in [-0.05, 0) is 32.6 Å². The van der Waals surface area contributed by atoms with Gasteiger partial charge in [-0.2, -0.15) is 9.38 Å². The van der Waals surface area contributed by atoms with E-state index in [0.717, 1.165) is 12.8 Å². The predicted molar refractivity (Wildman–Crippen MR) is 72.1 cm³/mol. The minimum Gasteiger partial charge on any atom is -0.393 e. The van der Waals surface area contributed by atoms with Crippen LogP contribution in [-0.2, 0) is 0 Å². The molecule has 7 heteroatoms. The SMILES string of the molecule is CC(=N)/N=C(\N/N=C(\C)F)N1C2CC[C@H]1CC(O)C2. The first-order chi connectivity index (χ1) is 8.97. The van der Waals surface area contributed by atoms with Crippen molar-refractivity contribution in [2.75, 3.05) is 0 Å². The molecule has 6 nitrogen and oxygen atoms in total. The Bertz CT molecular complexity index is 404. The summed E-state index contributed by atoms with van der Waals surface area (Å²) >= 11 is 0. The molecule has 3 atom stereocenters.